The van der Waals surface area contributed by atoms with Gasteiger partial charge < -0.3 is 25.8 Å². The fourth-order valence-electron chi connectivity index (χ4n) is 2.69. The van der Waals surface area contributed by atoms with Gasteiger partial charge in [-0.15, -0.1) is 0 Å². The molecule has 0 radical (unpaired) electrons. The Balaban J connectivity index is 1.92. The van der Waals surface area contributed by atoms with Crippen molar-refractivity contribution in [1.29, 1.82) is 0 Å². The lowest BCUT2D eigenvalue weighted by atomic mass is 9.70. The van der Waals surface area contributed by atoms with Gasteiger partial charge in [0.25, 0.3) is 0 Å². The van der Waals surface area contributed by atoms with Crippen molar-refractivity contribution in [2.45, 2.75) is 50.4 Å². The van der Waals surface area contributed by atoms with Gasteiger partial charge in [-0.2, -0.15) is 0 Å². The summed E-state index contributed by atoms with van der Waals surface area (Å²) in [4.78, 5) is 13.4. The number of amides is 1. The molecule has 4 N–H and O–H groups in total. The maximum atomic E-state index is 11.9. The molecule has 6 nitrogen and oxygen atoms in total. The van der Waals surface area contributed by atoms with Crippen LogP contribution in [0.15, 0.2) is 0 Å². The Morgan fingerprint density at radius 3 is 2.32 bits per heavy atom. The van der Waals surface area contributed by atoms with Crippen molar-refractivity contribution in [2.75, 3.05) is 26.2 Å². The molecule has 19 heavy (non-hydrogen) atoms. The summed E-state index contributed by atoms with van der Waals surface area (Å²) in [6.45, 7) is 7.63. The second-order valence-corrected chi connectivity index (χ2v) is 6.77. The Bertz CT molecular complexity index is 353. The van der Waals surface area contributed by atoms with Gasteiger partial charge in [0.2, 0.25) is 0 Å². The zero-order valence-electron chi connectivity index (χ0n) is 12.0. The van der Waals surface area contributed by atoms with Gasteiger partial charge in [0.15, 0.2) is 0 Å². The number of hydrogen-bond acceptors (Lipinski definition) is 5. The van der Waals surface area contributed by atoms with Gasteiger partial charge in [0.05, 0.1) is 18.6 Å². The predicted molar refractivity (Wildman–Crippen MR) is 71.8 cm³/mol. The molecule has 2 rings (SSSR count). The largest absolute Gasteiger partial charge is 0.444 e. The fourth-order valence-corrected chi connectivity index (χ4v) is 2.69. The minimum absolute atomic E-state index is 0.262. The third-order valence-corrected chi connectivity index (χ3v) is 3.98. The molecule has 0 bridgehead atoms. The number of hydrogen-bond donors (Lipinski definition) is 3. The summed E-state index contributed by atoms with van der Waals surface area (Å²) in [5, 5.41) is 13.8. The van der Waals surface area contributed by atoms with E-state index in [-0.39, 0.29) is 19.2 Å². The van der Waals surface area contributed by atoms with E-state index >= 15 is 0 Å². The first-order valence-electron chi connectivity index (χ1n) is 6.85. The van der Waals surface area contributed by atoms with Crippen LogP contribution in [0.25, 0.3) is 0 Å². The molecule has 6 heteroatoms. The number of carbonyl (C=O) groups is 1. The van der Waals surface area contributed by atoms with Crippen LogP contribution in [0.2, 0.25) is 0 Å². The van der Waals surface area contributed by atoms with Crippen molar-refractivity contribution in [3.05, 3.63) is 0 Å². The van der Waals surface area contributed by atoms with Gasteiger partial charge in [0, 0.05) is 0 Å². The molecule has 2 aliphatic rings. The smallest absolute Gasteiger partial charge is 0.410 e. The molecule has 0 spiro atoms. The minimum atomic E-state index is -0.980. The monoisotopic (exact) mass is 271 g/mol. The van der Waals surface area contributed by atoms with Crippen LogP contribution in [0.3, 0.4) is 0 Å². The van der Waals surface area contributed by atoms with E-state index in [0.717, 1.165) is 25.9 Å². The van der Waals surface area contributed by atoms with Crippen LogP contribution in [0, 0.1) is 0 Å². The zero-order chi connectivity index (χ0) is 14.3. The lowest BCUT2D eigenvalue weighted by Gasteiger charge is -2.56. The van der Waals surface area contributed by atoms with E-state index in [0.29, 0.717) is 0 Å². The van der Waals surface area contributed by atoms with Crippen molar-refractivity contribution >= 4 is 6.09 Å². The molecular weight excluding hydrogens is 246 g/mol. The Hall–Kier alpha value is -0.850. The minimum Gasteiger partial charge on any atom is -0.444 e. The average Bonchev–Trinajstić information content (AvgIpc) is 2.23. The quantitative estimate of drug-likeness (QED) is 0.627. The predicted octanol–water partition coefficient (Wildman–Crippen LogP) is 0.0491. The van der Waals surface area contributed by atoms with Crippen LogP contribution in [0.4, 0.5) is 4.79 Å². The molecule has 0 aromatic rings. The highest BCUT2D eigenvalue weighted by atomic mass is 16.6. The van der Waals surface area contributed by atoms with Gasteiger partial charge in [-0.25, -0.2) is 4.79 Å². The number of aliphatic hydroxyl groups is 1. The number of likely N-dealkylation sites (tertiary alicyclic amines) is 1. The molecule has 0 aromatic heterocycles. The summed E-state index contributed by atoms with van der Waals surface area (Å²) < 4.78 is 5.28. The van der Waals surface area contributed by atoms with Crippen LogP contribution in [0.1, 0.15) is 33.6 Å². The molecule has 2 heterocycles. The first-order chi connectivity index (χ1) is 8.65. The van der Waals surface area contributed by atoms with E-state index in [2.05, 4.69) is 5.32 Å². The number of piperidine rings is 1. The van der Waals surface area contributed by atoms with E-state index < -0.39 is 16.7 Å². The van der Waals surface area contributed by atoms with Crippen LogP contribution >= 0.6 is 0 Å². The molecule has 2 saturated heterocycles. The van der Waals surface area contributed by atoms with Crippen LogP contribution < -0.4 is 11.1 Å². The molecule has 110 valence electrons. The molecule has 2 aliphatic heterocycles. The lowest BCUT2D eigenvalue weighted by molar-refractivity contribution is -0.147. The highest BCUT2D eigenvalue weighted by Crippen LogP contribution is 2.36. The Morgan fingerprint density at radius 1 is 1.32 bits per heavy atom. The SMILES string of the molecule is CC(C)(C)OC(=O)N1CC(O)(C2(N)CCNCC2)C1. The maximum absolute atomic E-state index is 11.9. The Labute approximate surface area is 114 Å². The van der Waals surface area contributed by atoms with E-state index in [4.69, 9.17) is 10.5 Å². The van der Waals surface area contributed by atoms with Gasteiger partial charge in [-0.1, -0.05) is 0 Å². The van der Waals surface area contributed by atoms with E-state index in [9.17, 15) is 9.90 Å². The lowest BCUT2D eigenvalue weighted by Crippen LogP contribution is -2.78. The van der Waals surface area contributed by atoms with Crippen LogP contribution in [-0.4, -0.2) is 59.0 Å². The van der Waals surface area contributed by atoms with Crippen molar-refractivity contribution in [2.24, 2.45) is 5.73 Å². The Morgan fingerprint density at radius 2 is 1.84 bits per heavy atom. The number of nitrogens with zero attached hydrogens (tertiary/aromatic N) is 1. The van der Waals surface area contributed by atoms with Crippen molar-refractivity contribution in [1.82, 2.24) is 10.2 Å². The van der Waals surface area contributed by atoms with Crippen LogP contribution in [-0.2, 0) is 4.74 Å². The van der Waals surface area contributed by atoms with E-state index in [1.54, 1.807) is 0 Å². The summed E-state index contributed by atoms with van der Waals surface area (Å²) in [6, 6.07) is 0. The number of β-amino-alcohol motifs (C(OH)–C–C–N with tert-alkyl or cyclic N) is 1. The normalized spacial score (nSPS) is 25.6. The van der Waals surface area contributed by atoms with E-state index in [1.807, 2.05) is 20.8 Å². The van der Waals surface area contributed by atoms with Crippen molar-refractivity contribution in [3.8, 4) is 0 Å². The van der Waals surface area contributed by atoms with Crippen LogP contribution in [0.5, 0.6) is 0 Å². The molecule has 0 saturated carbocycles. The molecule has 1 amide bonds. The fraction of sp³-hybridized carbons (Fsp3) is 0.923. The van der Waals surface area contributed by atoms with Gasteiger partial charge in [0.1, 0.15) is 11.2 Å². The Kier molecular flexibility index (Phi) is 3.53. The summed E-state index contributed by atoms with van der Waals surface area (Å²) in [5.41, 5.74) is 4.22. The molecule has 0 atom stereocenters. The summed E-state index contributed by atoms with van der Waals surface area (Å²) in [5.74, 6) is 0. The second-order valence-electron chi connectivity index (χ2n) is 6.77. The molecule has 2 fully saturated rings. The topological polar surface area (TPSA) is 87.8 Å². The first-order valence-corrected chi connectivity index (χ1v) is 6.85. The highest BCUT2D eigenvalue weighted by Gasteiger charge is 2.57. The van der Waals surface area contributed by atoms with E-state index in [1.165, 1.54) is 4.90 Å². The highest BCUT2D eigenvalue weighted by molar-refractivity contribution is 5.70. The summed E-state index contributed by atoms with van der Waals surface area (Å²) in [6.07, 6.45) is 1.08. The number of nitrogens with two attached hydrogens (primary N) is 1. The van der Waals surface area contributed by atoms with Crippen molar-refractivity contribution < 1.29 is 14.6 Å². The number of ether oxygens (including phenoxy) is 1. The van der Waals surface area contributed by atoms with Crippen molar-refractivity contribution in [3.63, 3.8) is 0 Å². The standard InChI is InChI=1S/C13H25N3O3/c1-11(2,3)19-10(17)16-8-13(18,9-16)12(14)4-6-15-7-5-12/h15,18H,4-9,14H2,1-3H3. The molecule has 0 aliphatic carbocycles. The third kappa shape index (κ3) is 2.85. The molecular formula is C13H25N3O3. The number of nitrogens with one attached hydrogen (secondary N) is 1. The zero-order valence-corrected chi connectivity index (χ0v) is 12.0. The van der Waals surface area contributed by atoms with Gasteiger partial charge in [-0.05, 0) is 46.7 Å². The number of carbonyl (C=O) groups excluding carboxylic acids is 1. The molecule has 0 unspecified atom stereocenters. The summed E-state index contributed by atoms with van der Waals surface area (Å²) >= 11 is 0. The third-order valence-electron chi connectivity index (χ3n) is 3.98. The molecule has 0 aromatic carbocycles. The second kappa shape index (κ2) is 4.61. The summed E-state index contributed by atoms with van der Waals surface area (Å²) in [7, 11) is 0. The maximum Gasteiger partial charge on any atom is 0.410 e. The van der Waals surface area contributed by atoms with Gasteiger partial charge >= 0.3 is 6.09 Å². The number of rotatable bonds is 1. The van der Waals surface area contributed by atoms with Gasteiger partial charge in [-0.3, -0.25) is 0 Å². The average molecular weight is 271 g/mol. The first kappa shape index (κ1) is 14.6.